The number of aromatic hydroxyl groups is 1. The Morgan fingerprint density at radius 3 is 2.48 bits per heavy atom. The number of phenolic OH excluding ortho intramolecular Hbond substituents is 1. The zero-order valence-electron chi connectivity index (χ0n) is 18.7. The van der Waals surface area contributed by atoms with E-state index in [-0.39, 0.29) is 13.2 Å². The number of halogens is 1. The molecule has 8 heteroatoms. The van der Waals surface area contributed by atoms with Crippen molar-refractivity contribution in [1.82, 2.24) is 15.3 Å². The third-order valence-corrected chi connectivity index (χ3v) is 6.44. The van der Waals surface area contributed by atoms with Crippen LogP contribution >= 0.6 is 15.9 Å². The van der Waals surface area contributed by atoms with Crippen molar-refractivity contribution in [2.24, 2.45) is 0 Å². The summed E-state index contributed by atoms with van der Waals surface area (Å²) < 4.78 is 6.14. The molecule has 33 heavy (non-hydrogen) atoms. The van der Waals surface area contributed by atoms with E-state index in [9.17, 15) is 5.11 Å². The zero-order valence-corrected chi connectivity index (χ0v) is 20.3. The summed E-state index contributed by atoms with van der Waals surface area (Å²) in [5, 5.41) is 18.6. The second-order valence-electron chi connectivity index (χ2n) is 8.47. The van der Waals surface area contributed by atoms with Crippen LogP contribution in [0.15, 0.2) is 40.9 Å². The van der Waals surface area contributed by atoms with E-state index < -0.39 is 0 Å². The van der Waals surface area contributed by atoms with Crippen LogP contribution in [0.2, 0.25) is 0 Å². The van der Waals surface area contributed by atoms with Crippen molar-refractivity contribution < 1.29 is 9.84 Å². The third kappa shape index (κ3) is 5.86. The minimum absolute atomic E-state index is 0. The van der Waals surface area contributed by atoms with Crippen LogP contribution in [0, 0.1) is 0 Å². The van der Waals surface area contributed by atoms with Gasteiger partial charge in [0.25, 0.3) is 0 Å². The lowest BCUT2D eigenvalue weighted by Gasteiger charge is -2.30. The van der Waals surface area contributed by atoms with Gasteiger partial charge >= 0.3 is 0 Å². The number of rotatable bonds is 7. The second-order valence-corrected chi connectivity index (χ2v) is 9.39. The Bertz CT molecular complexity index is 1080. The molecule has 0 radical (unpaired) electrons. The molecule has 4 rings (SSSR count). The summed E-state index contributed by atoms with van der Waals surface area (Å²) in [6.07, 6.45) is 4.19. The molecule has 3 N–H and O–H groups in total. The van der Waals surface area contributed by atoms with E-state index in [2.05, 4.69) is 32.6 Å². The Balaban J connectivity index is 0.00000306. The van der Waals surface area contributed by atoms with E-state index in [0.29, 0.717) is 30.3 Å². The van der Waals surface area contributed by atoms with Gasteiger partial charge in [-0.05, 0) is 49.9 Å². The smallest absolute Gasteiger partial charge is 0.225 e. The van der Waals surface area contributed by atoms with Crippen LogP contribution in [0.4, 0.5) is 11.8 Å². The number of aromatic nitrogens is 2. The molecule has 0 unspecified atom stereocenters. The van der Waals surface area contributed by atoms with Gasteiger partial charge < -0.3 is 25.4 Å². The molecular formula is C25H34BrN5O2. The molecule has 1 fully saturated rings. The molecule has 2 aromatic carbocycles. The van der Waals surface area contributed by atoms with Crippen LogP contribution in [-0.2, 0) is 6.54 Å². The average molecular weight is 516 g/mol. The highest BCUT2D eigenvalue weighted by molar-refractivity contribution is 9.10. The highest BCUT2D eigenvalue weighted by Gasteiger charge is 2.22. The van der Waals surface area contributed by atoms with Gasteiger partial charge in [-0.15, -0.1) is 0 Å². The van der Waals surface area contributed by atoms with Gasteiger partial charge in [0.1, 0.15) is 5.82 Å². The number of anilines is 2. The van der Waals surface area contributed by atoms with Crippen molar-refractivity contribution in [2.45, 2.75) is 51.7 Å². The summed E-state index contributed by atoms with van der Waals surface area (Å²) >= 11 is 3.48. The zero-order chi connectivity index (χ0) is 22.7. The van der Waals surface area contributed by atoms with Crippen molar-refractivity contribution in [3.05, 3.63) is 46.4 Å². The first-order valence-electron chi connectivity index (χ1n) is 10.9. The van der Waals surface area contributed by atoms with Gasteiger partial charge in [-0.1, -0.05) is 35.5 Å². The Morgan fingerprint density at radius 2 is 1.79 bits per heavy atom. The topological polar surface area (TPSA) is 82.5 Å². The summed E-state index contributed by atoms with van der Waals surface area (Å²) in [4.78, 5) is 11.5. The minimum atomic E-state index is 0. The summed E-state index contributed by atoms with van der Waals surface area (Å²) in [6, 6.07) is 12.6. The Morgan fingerprint density at radius 1 is 1.09 bits per heavy atom. The van der Waals surface area contributed by atoms with Crippen LogP contribution in [0.25, 0.3) is 10.9 Å². The Kier molecular flexibility index (Phi) is 8.37. The van der Waals surface area contributed by atoms with Crippen molar-refractivity contribution in [3.63, 3.8) is 0 Å². The van der Waals surface area contributed by atoms with Gasteiger partial charge in [0.15, 0.2) is 11.5 Å². The lowest BCUT2D eigenvalue weighted by molar-refractivity contribution is 0.345. The monoisotopic (exact) mass is 515 g/mol. The van der Waals surface area contributed by atoms with E-state index in [0.717, 1.165) is 52.4 Å². The SMILES string of the molecule is C.COc1cc(Br)cc(CNC2CCC(Nc3nc(N(C)C)c4ccccc4n3)CC2)c1O. The van der Waals surface area contributed by atoms with Gasteiger partial charge in [-0.2, -0.15) is 4.98 Å². The highest BCUT2D eigenvalue weighted by atomic mass is 79.9. The average Bonchev–Trinajstić information content (AvgIpc) is 2.79. The molecule has 0 bridgehead atoms. The molecule has 7 nitrogen and oxygen atoms in total. The number of para-hydroxylation sites is 1. The molecular weight excluding hydrogens is 482 g/mol. The first-order valence-corrected chi connectivity index (χ1v) is 11.7. The molecule has 1 aliphatic rings. The van der Waals surface area contributed by atoms with Crippen molar-refractivity contribution in [1.29, 1.82) is 0 Å². The van der Waals surface area contributed by atoms with Gasteiger partial charge in [-0.3, -0.25) is 0 Å². The molecule has 3 aromatic rings. The molecule has 1 aliphatic carbocycles. The van der Waals surface area contributed by atoms with Gasteiger partial charge in [0, 0.05) is 48.1 Å². The third-order valence-electron chi connectivity index (χ3n) is 5.99. The van der Waals surface area contributed by atoms with E-state index in [1.54, 1.807) is 13.2 Å². The lowest BCUT2D eigenvalue weighted by Crippen LogP contribution is -2.37. The number of nitrogens with one attached hydrogen (secondary N) is 2. The summed E-state index contributed by atoms with van der Waals surface area (Å²) in [5.41, 5.74) is 1.78. The lowest BCUT2D eigenvalue weighted by atomic mass is 9.91. The first-order chi connectivity index (χ1) is 15.4. The van der Waals surface area contributed by atoms with Crippen LogP contribution in [-0.4, -0.2) is 48.4 Å². The van der Waals surface area contributed by atoms with Gasteiger partial charge in [-0.25, -0.2) is 4.98 Å². The Hall–Kier alpha value is -2.58. The number of hydrogen-bond donors (Lipinski definition) is 3. The molecule has 178 valence electrons. The normalized spacial score (nSPS) is 17.9. The van der Waals surface area contributed by atoms with Crippen LogP contribution in [0.5, 0.6) is 11.5 Å². The fourth-order valence-electron chi connectivity index (χ4n) is 4.26. The number of methoxy groups -OCH3 is 1. The summed E-state index contributed by atoms with van der Waals surface area (Å²) in [7, 11) is 5.58. The minimum Gasteiger partial charge on any atom is -0.504 e. The van der Waals surface area contributed by atoms with Gasteiger partial charge in [0.2, 0.25) is 5.95 Å². The summed E-state index contributed by atoms with van der Waals surface area (Å²) in [5.74, 6) is 2.30. The first kappa shape index (κ1) is 25.1. The Labute approximate surface area is 204 Å². The predicted molar refractivity (Wildman–Crippen MR) is 139 cm³/mol. The fraction of sp³-hybridized carbons (Fsp3) is 0.440. The van der Waals surface area contributed by atoms with Gasteiger partial charge in [0.05, 0.1) is 12.6 Å². The number of hydrogen-bond acceptors (Lipinski definition) is 7. The van der Waals surface area contributed by atoms with Crippen molar-refractivity contribution in [3.8, 4) is 11.5 Å². The predicted octanol–water partition coefficient (Wildman–Crippen LogP) is 5.32. The standard InChI is InChI=1S/C24H30BrN5O2.CH4/c1-30(2)23-19-6-4-5-7-20(19)28-24(29-23)27-18-10-8-17(9-11-18)26-14-15-12-16(25)13-21(32-3)22(15)31;/h4-7,12-13,17-18,26,31H,8-11,14H2,1-3H3,(H,27,28,29);1H4. The maximum Gasteiger partial charge on any atom is 0.225 e. The molecule has 0 saturated heterocycles. The van der Waals surface area contributed by atoms with E-state index >= 15 is 0 Å². The molecule has 0 atom stereocenters. The number of fused-ring (bicyclic) bond motifs is 1. The molecule has 0 amide bonds. The molecule has 0 spiro atoms. The van der Waals surface area contributed by atoms with Crippen LogP contribution < -0.4 is 20.3 Å². The maximum absolute atomic E-state index is 10.4. The van der Waals surface area contributed by atoms with Crippen molar-refractivity contribution in [2.75, 3.05) is 31.4 Å². The van der Waals surface area contributed by atoms with Crippen LogP contribution in [0.3, 0.4) is 0 Å². The molecule has 0 aliphatic heterocycles. The highest BCUT2D eigenvalue weighted by Crippen LogP contribution is 2.34. The van der Waals surface area contributed by atoms with E-state index in [4.69, 9.17) is 14.7 Å². The van der Waals surface area contributed by atoms with Crippen LogP contribution in [0.1, 0.15) is 38.7 Å². The number of phenols is 1. The molecule has 1 heterocycles. The maximum atomic E-state index is 10.4. The molecule has 1 aromatic heterocycles. The fourth-order valence-corrected chi connectivity index (χ4v) is 4.75. The number of nitrogens with zero attached hydrogens (tertiary/aromatic N) is 3. The number of ether oxygens (including phenoxy) is 1. The van der Waals surface area contributed by atoms with Crippen molar-refractivity contribution >= 4 is 38.6 Å². The number of benzene rings is 2. The second kappa shape index (κ2) is 11.0. The summed E-state index contributed by atoms with van der Waals surface area (Å²) in [6.45, 7) is 0.602. The largest absolute Gasteiger partial charge is 0.504 e. The quantitative estimate of drug-likeness (QED) is 0.392. The molecule has 1 saturated carbocycles. The van der Waals surface area contributed by atoms with E-state index in [1.807, 2.05) is 43.3 Å². The van der Waals surface area contributed by atoms with E-state index in [1.165, 1.54) is 0 Å².